The number of carbonyl (C=O) groups is 3. The lowest BCUT2D eigenvalue weighted by Crippen LogP contribution is -2.47. The van der Waals surface area contributed by atoms with Gasteiger partial charge in [-0.2, -0.15) is 0 Å². The van der Waals surface area contributed by atoms with Gasteiger partial charge in [-0.3, -0.25) is 9.59 Å². The fourth-order valence-electron chi connectivity index (χ4n) is 2.40. The summed E-state index contributed by atoms with van der Waals surface area (Å²) in [5, 5.41) is 5.50. The second kappa shape index (κ2) is 9.71. The van der Waals surface area contributed by atoms with Crippen molar-refractivity contribution in [2.24, 2.45) is 0 Å². The Bertz CT molecular complexity index is 443. The number of amides is 3. The maximum atomic E-state index is 12.1. The van der Waals surface area contributed by atoms with Crippen molar-refractivity contribution >= 4 is 29.5 Å². The van der Waals surface area contributed by atoms with E-state index < -0.39 is 11.7 Å². The van der Waals surface area contributed by atoms with E-state index in [0.29, 0.717) is 25.4 Å². The summed E-state index contributed by atoms with van der Waals surface area (Å²) in [6.07, 6.45) is 1.51. The molecule has 0 radical (unpaired) electrons. The first kappa shape index (κ1) is 20.5. The molecule has 0 saturated carbocycles. The quantitative estimate of drug-likeness (QED) is 0.704. The number of alkyl carbamates (subject to hydrolysis) is 1. The lowest BCUT2D eigenvalue weighted by atomic mass is 10.0. The average molecular weight is 362 g/mol. The monoisotopic (exact) mass is 361 g/mol. The molecule has 8 heteroatoms. The molecule has 1 aliphatic heterocycles. The van der Waals surface area contributed by atoms with Crippen LogP contribution in [-0.2, 0) is 14.3 Å². The Morgan fingerprint density at radius 3 is 2.33 bits per heavy atom. The van der Waals surface area contributed by atoms with Crippen molar-refractivity contribution in [2.45, 2.75) is 58.1 Å². The average Bonchev–Trinajstić information content (AvgIpc) is 2.46. The molecule has 0 bridgehead atoms. The minimum atomic E-state index is -0.552. The molecule has 138 valence electrons. The van der Waals surface area contributed by atoms with E-state index in [4.69, 9.17) is 16.3 Å². The third-order valence-corrected chi connectivity index (χ3v) is 3.73. The smallest absolute Gasteiger partial charge is 0.407 e. The predicted molar refractivity (Wildman–Crippen MR) is 91.9 cm³/mol. The van der Waals surface area contributed by atoms with Crippen molar-refractivity contribution in [1.82, 2.24) is 15.5 Å². The van der Waals surface area contributed by atoms with Crippen molar-refractivity contribution in [3.05, 3.63) is 0 Å². The first-order chi connectivity index (χ1) is 11.2. The molecular weight excluding hydrogens is 334 g/mol. The van der Waals surface area contributed by atoms with Gasteiger partial charge in [0.15, 0.2) is 0 Å². The van der Waals surface area contributed by atoms with E-state index in [2.05, 4.69) is 10.6 Å². The van der Waals surface area contributed by atoms with Gasteiger partial charge in [-0.05, 0) is 33.6 Å². The molecule has 2 N–H and O–H groups in total. The van der Waals surface area contributed by atoms with Crippen molar-refractivity contribution in [3.63, 3.8) is 0 Å². The van der Waals surface area contributed by atoms with Crippen LogP contribution in [0.15, 0.2) is 0 Å². The topological polar surface area (TPSA) is 87.7 Å². The summed E-state index contributed by atoms with van der Waals surface area (Å²) < 4.78 is 5.11. The van der Waals surface area contributed by atoms with Crippen LogP contribution in [0.3, 0.4) is 0 Å². The number of likely N-dealkylation sites (tertiary alicyclic amines) is 1. The zero-order chi connectivity index (χ0) is 18.2. The highest BCUT2D eigenvalue weighted by Crippen LogP contribution is 2.12. The first-order valence-corrected chi connectivity index (χ1v) is 8.84. The van der Waals surface area contributed by atoms with Crippen molar-refractivity contribution in [3.8, 4) is 0 Å². The Balaban J connectivity index is 2.21. The summed E-state index contributed by atoms with van der Waals surface area (Å²) in [4.78, 5) is 36.9. The predicted octanol–water partition coefficient (Wildman–Crippen LogP) is 1.64. The van der Waals surface area contributed by atoms with Gasteiger partial charge in [-0.1, -0.05) is 0 Å². The van der Waals surface area contributed by atoms with Crippen LogP contribution < -0.4 is 10.6 Å². The fraction of sp³-hybridized carbons (Fsp3) is 0.812. The molecule has 1 saturated heterocycles. The molecule has 0 aromatic carbocycles. The molecule has 24 heavy (non-hydrogen) atoms. The minimum Gasteiger partial charge on any atom is -0.444 e. The molecule has 3 amide bonds. The summed E-state index contributed by atoms with van der Waals surface area (Å²) in [5.74, 6) is 0.265. The van der Waals surface area contributed by atoms with Crippen molar-refractivity contribution in [1.29, 1.82) is 0 Å². The third-order valence-electron chi connectivity index (χ3n) is 3.54. The number of ether oxygens (including phenoxy) is 1. The molecule has 0 unspecified atom stereocenters. The molecule has 7 nitrogen and oxygen atoms in total. The van der Waals surface area contributed by atoms with Gasteiger partial charge in [-0.25, -0.2) is 4.79 Å². The SMILES string of the molecule is CC(C)(C)OC(=O)NCCC(=O)N1CCC(NC(=O)CCCl)CC1. The second-order valence-corrected chi connectivity index (χ2v) is 7.22. The van der Waals surface area contributed by atoms with E-state index in [-0.39, 0.29) is 30.8 Å². The van der Waals surface area contributed by atoms with Gasteiger partial charge in [-0.15, -0.1) is 11.6 Å². The van der Waals surface area contributed by atoms with Crippen LogP contribution in [0.2, 0.25) is 0 Å². The number of rotatable bonds is 6. The van der Waals surface area contributed by atoms with Crippen LogP contribution in [0.4, 0.5) is 4.79 Å². The Morgan fingerprint density at radius 2 is 1.79 bits per heavy atom. The van der Waals surface area contributed by atoms with Crippen molar-refractivity contribution < 1.29 is 19.1 Å². The number of hydrogen-bond acceptors (Lipinski definition) is 4. The highest BCUT2D eigenvalue weighted by atomic mass is 35.5. The van der Waals surface area contributed by atoms with Crippen LogP contribution >= 0.6 is 11.6 Å². The zero-order valence-electron chi connectivity index (χ0n) is 14.7. The number of nitrogens with zero attached hydrogens (tertiary/aromatic N) is 1. The normalized spacial score (nSPS) is 15.8. The molecule has 0 spiro atoms. The van der Waals surface area contributed by atoms with Gasteiger partial charge in [0.25, 0.3) is 0 Å². The summed E-state index contributed by atoms with van der Waals surface area (Å²) in [6, 6.07) is 0.102. The highest BCUT2D eigenvalue weighted by molar-refractivity contribution is 6.18. The summed E-state index contributed by atoms with van der Waals surface area (Å²) in [7, 11) is 0. The standard InChI is InChI=1S/C16H28ClN3O4/c1-16(2,3)24-15(23)18-9-5-14(22)20-10-6-12(7-11-20)19-13(21)4-8-17/h12H,4-11H2,1-3H3,(H,18,23)(H,19,21). The van der Waals surface area contributed by atoms with Gasteiger partial charge in [0, 0.05) is 44.4 Å². The van der Waals surface area contributed by atoms with Crippen LogP contribution in [0.5, 0.6) is 0 Å². The van der Waals surface area contributed by atoms with Crippen molar-refractivity contribution in [2.75, 3.05) is 25.5 Å². The molecule has 0 aliphatic carbocycles. The number of halogens is 1. The Kier molecular flexibility index (Phi) is 8.31. The molecule has 0 aromatic heterocycles. The summed E-state index contributed by atoms with van der Waals surface area (Å²) in [5.41, 5.74) is -0.552. The zero-order valence-corrected chi connectivity index (χ0v) is 15.4. The molecule has 0 aromatic rings. The van der Waals surface area contributed by atoms with E-state index in [9.17, 15) is 14.4 Å². The number of alkyl halides is 1. The largest absolute Gasteiger partial charge is 0.444 e. The summed E-state index contributed by atoms with van der Waals surface area (Å²) >= 11 is 5.53. The van der Waals surface area contributed by atoms with Gasteiger partial charge in [0.2, 0.25) is 11.8 Å². The highest BCUT2D eigenvalue weighted by Gasteiger charge is 2.23. The first-order valence-electron chi connectivity index (χ1n) is 8.31. The second-order valence-electron chi connectivity index (χ2n) is 6.84. The number of nitrogens with one attached hydrogen (secondary N) is 2. The minimum absolute atomic E-state index is 0.00315. The van der Waals surface area contributed by atoms with Gasteiger partial charge in [0.05, 0.1) is 0 Å². The number of piperidine rings is 1. The van der Waals surface area contributed by atoms with E-state index in [1.54, 1.807) is 25.7 Å². The van der Waals surface area contributed by atoms with Gasteiger partial charge >= 0.3 is 6.09 Å². The van der Waals surface area contributed by atoms with E-state index >= 15 is 0 Å². The third kappa shape index (κ3) is 8.38. The van der Waals surface area contributed by atoms with E-state index in [1.807, 2.05) is 0 Å². The van der Waals surface area contributed by atoms with Crippen LogP contribution in [0.25, 0.3) is 0 Å². The molecule has 0 atom stereocenters. The van der Waals surface area contributed by atoms with E-state index in [0.717, 1.165) is 12.8 Å². The van der Waals surface area contributed by atoms with Crippen LogP contribution in [0, 0.1) is 0 Å². The van der Waals surface area contributed by atoms with Gasteiger partial charge in [0.1, 0.15) is 5.60 Å². The Labute approximate surface area is 148 Å². The Hall–Kier alpha value is -1.50. The lowest BCUT2D eigenvalue weighted by molar-refractivity contribution is -0.132. The summed E-state index contributed by atoms with van der Waals surface area (Å²) in [6.45, 7) is 6.82. The Morgan fingerprint density at radius 1 is 1.17 bits per heavy atom. The maximum absolute atomic E-state index is 12.1. The van der Waals surface area contributed by atoms with Gasteiger partial charge < -0.3 is 20.3 Å². The number of hydrogen-bond donors (Lipinski definition) is 2. The fourth-order valence-corrected chi connectivity index (χ4v) is 2.57. The molecule has 1 heterocycles. The lowest BCUT2D eigenvalue weighted by Gasteiger charge is -2.32. The molecule has 1 rings (SSSR count). The van der Waals surface area contributed by atoms with E-state index in [1.165, 1.54) is 0 Å². The molecule has 1 aliphatic rings. The maximum Gasteiger partial charge on any atom is 0.407 e. The van der Waals surface area contributed by atoms with Crippen LogP contribution in [0.1, 0.15) is 46.5 Å². The molecular formula is C16H28ClN3O4. The number of carbonyl (C=O) groups excluding carboxylic acids is 3. The molecule has 1 fully saturated rings. The van der Waals surface area contributed by atoms with Crippen LogP contribution in [-0.4, -0.2) is 60.0 Å².